The molecule has 0 saturated heterocycles. The van der Waals surface area contributed by atoms with Gasteiger partial charge in [-0.2, -0.15) is 0 Å². The molecule has 1 aliphatic rings. The van der Waals surface area contributed by atoms with Crippen LogP contribution in [0, 0.1) is 12.8 Å². The van der Waals surface area contributed by atoms with Crippen LogP contribution in [0.5, 0.6) is 0 Å². The van der Waals surface area contributed by atoms with Crippen LogP contribution in [0.25, 0.3) is 0 Å². The van der Waals surface area contributed by atoms with Crippen molar-refractivity contribution in [2.45, 2.75) is 26.2 Å². The van der Waals surface area contributed by atoms with Crippen LogP contribution in [0.4, 0.5) is 0 Å². The van der Waals surface area contributed by atoms with Crippen LogP contribution in [-0.2, 0) is 0 Å². The highest BCUT2D eigenvalue weighted by molar-refractivity contribution is 7.12. The molecule has 0 N–H and O–H groups in total. The largest absolute Gasteiger partial charge is 0.341 e. The topological polar surface area (TPSA) is 20.3 Å². The van der Waals surface area contributed by atoms with Gasteiger partial charge in [0.15, 0.2) is 0 Å². The van der Waals surface area contributed by atoms with E-state index in [-0.39, 0.29) is 5.91 Å². The Morgan fingerprint density at radius 2 is 2.33 bits per heavy atom. The van der Waals surface area contributed by atoms with Gasteiger partial charge < -0.3 is 4.90 Å². The SMILES string of the molecule is Cc1ccsc1C(=O)N(C)CC1CCC1. The maximum Gasteiger partial charge on any atom is 0.263 e. The molecule has 0 aromatic carbocycles. The average Bonchev–Trinajstić information content (AvgIpc) is 2.56. The Morgan fingerprint density at radius 1 is 1.60 bits per heavy atom. The molecule has 0 atom stereocenters. The van der Waals surface area contributed by atoms with Gasteiger partial charge in [0, 0.05) is 13.6 Å². The Bertz CT molecular complexity index is 354. The van der Waals surface area contributed by atoms with Gasteiger partial charge in [-0.1, -0.05) is 6.42 Å². The summed E-state index contributed by atoms with van der Waals surface area (Å²) in [6, 6.07) is 2.01. The molecule has 1 aromatic rings. The lowest BCUT2D eigenvalue weighted by molar-refractivity contribution is 0.0749. The maximum atomic E-state index is 12.0. The van der Waals surface area contributed by atoms with E-state index in [1.54, 1.807) is 11.3 Å². The van der Waals surface area contributed by atoms with Gasteiger partial charge in [-0.3, -0.25) is 4.79 Å². The number of aryl methyl sites for hydroxylation is 1. The number of carbonyl (C=O) groups excluding carboxylic acids is 1. The van der Waals surface area contributed by atoms with Gasteiger partial charge in [0.25, 0.3) is 5.91 Å². The van der Waals surface area contributed by atoms with Crippen molar-refractivity contribution in [3.05, 3.63) is 21.9 Å². The minimum Gasteiger partial charge on any atom is -0.341 e. The molecule has 0 unspecified atom stereocenters. The van der Waals surface area contributed by atoms with Crippen LogP contribution >= 0.6 is 11.3 Å². The predicted molar refractivity (Wildman–Crippen MR) is 63.4 cm³/mol. The summed E-state index contributed by atoms with van der Waals surface area (Å²) in [5.74, 6) is 0.939. The second kappa shape index (κ2) is 4.35. The first-order chi connectivity index (χ1) is 7.18. The Labute approximate surface area is 94.9 Å². The lowest BCUT2D eigenvalue weighted by atomic mass is 9.85. The molecule has 1 aliphatic carbocycles. The second-order valence-electron chi connectivity index (χ2n) is 4.42. The van der Waals surface area contributed by atoms with Gasteiger partial charge >= 0.3 is 0 Å². The molecule has 1 saturated carbocycles. The fraction of sp³-hybridized carbons (Fsp3) is 0.583. The van der Waals surface area contributed by atoms with E-state index >= 15 is 0 Å². The van der Waals surface area contributed by atoms with E-state index in [1.807, 2.05) is 30.3 Å². The molecule has 0 spiro atoms. The van der Waals surface area contributed by atoms with Gasteiger partial charge in [-0.05, 0) is 42.7 Å². The molecule has 15 heavy (non-hydrogen) atoms. The van der Waals surface area contributed by atoms with Crippen LogP contribution in [0.15, 0.2) is 11.4 Å². The van der Waals surface area contributed by atoms with E-state index in [0.717, 1.165) is 22.9 Å². The summed E-state index contributed by atoms with van der Waals surface area (Å²) in [5, 5.41) is 1.99. The van der Waals surface area contributed by atoms with Crippen molar-refractivity contribution in [1.82, 2.24) is 4.90 Å². The van der Waals surface area contributed by atoms with Crippen LogP contribution in [0.1, 0.15) is 34.5 Å². The summed E-state index contributed by atoms with van der Waals surface area (Å²) < 4.78 is 0. The molecule has 2 nitrogen and oxygen atoms in total. The summed E-state index contributed by atoms with van der Waals surface area (Å²) in [7, 11) is 1.92. The summed E-state index contributed by atoms with van der Waals surface area (Å²) in [5.41, 5.74) is 1.10. The predicted octanol–water partition coefficient (Wildman–Crippen LogP) is 2.93. The molecule has 0 bridgehead atoms. The fourth-order valence-corrected chi connectivity index (χ4v) is 2.83. The molecule has 1 fully saturated rings. The number of nitrogens with zero attached hydrogens (tertiary/aromatic N) is 1. The Balaban J connectivity index is 1.97. The first-order valence-electron chi connectivity index (χ1n) is 5.48. The summed E-state index contributed by atoms with van der Waals surface area (Å²) in [6.07, 6.45) is 3.92. The van der Waals surface area contributed by atoms with E-state index in [0.29, 0.717) is 0 Å². The molecule has 1 amide bonds. The lowest BCUT2D eigenvalue weighted by Crippen LogP contribution is -2.34. The third-order valence-corrected chi connectivity index (χ3v) is 4.16. The van der Waals surface area contributed by atoms with Crippen LogP contribution in [0.2, 0.25) is 0 Å². The Morgan fingerprint density at radius 3 is 2.80 bits per heavy atom. The minimum atomic E-state index is 0.189. The minimum absolute atomic E-state index is 0.189. The third kappa shape index (κ3) is 2.23. The number of thiophene rings is 1. The maximum absolute atomic E-state index is 12.0. The van der Waals surface area contributed by atoms with Crippen molar-refractivity contribution >= 4 is 17.2 Å². The quantitative estimate of drug-likeness (QED) is 0.771. The summed E-state index contributed by atoms with van der Waals surface area (Å²) in [4.78, 5) is 14.8. The second-order valence-corrected chi connectivity index (χ2v) is 5.33. The van der Waals surface area contributed by atoms with Crippen LogP contribution < -0.4 is 0 Å². The first-order valence-corrected chi connectivity index (χ1v) is 6.36. The summed E-state index contributed by atoms with van der Waals surface area (Å²) in [6.45, 7) is 2.93. The van der Waals surface area contributed by atoms with Gasteiger partial charge in [0.05, 0.1) is 4.88 Å². The lowest BCUT2D eigenvalue weighted by Gasteiger charge is -2.30. The molecular formula is C12H17NOS. The first kappa shape index (κ1) is 10.7. The normalized spacial score (nSPS) is 16.1. The highest BCUT2D eigenvalue weighted by Crippen LogP contribution is 2.27. The van der Waals surface area contributed by atoms with Gasteiger partial charge in [0.1, 0.15) is 0 Å². The van der Waals surface area contributed by atoms with Crippen molar-refractivity contribution in [1.29, 1.82) is 0 Å². The van der Waals surface area contributed by atoms with Crippen molar-refractivity contribution in [3.8, 4) is 0 Å². The number of amides is 1. The number of hydrogen-bond donors (Lipinski definition) is 0. The zero-order valence-electron chi connectivity index (χ0n) is 9.32. The number of carbonyl (C=O) groups is 1. The van der Waals surface area contributed by atoms with E-state index in [2.05, 4.69) is 0 Å². The molecule has 2 rings (SSSR count). The van der Waals surface area contributed by atoms with Gasteiger partial charge in [-0.15, -0.1) is 11.3 Å². The third-order valence-electron chi connectivity index (χ3n) is 3.16. The van der Waals surface area contributed by atoms with E-state index in [4.69, 9.17) is 0 Å². The van der Waals surface area contributed by atoms with E-state index in [1.165, 1.54) is 19.3 Å². The van der Waals surface area contributed by atoms with Crippen molar-refractivity contribution in [2.75, 3.05) is 13.6 Å². The highest BCUT2D eigenvalue weighted by atomic mass is 32.1. The van der Waals surface area contributed by atoms with E-state index < -0.39 is 0 Å². The average molecular weight is 223 g/mol. The number of hydrogen-bond acceptors (Lipinski definition) is 2. The van der Waals surface area contributed by atoms with Gasteiger partial charge in [0.2, 0.25) is 0 Å². The zero-order valence-corrected chi connectivity index (χ0v) is 10.1. The smallest absolute Gasteiger partial charge is 0.263 e. The number of rotatable bonds is 3. The molecule has 82 valence electrons. The Kier molecular flexibility index (Phi) is 3.10. The summed E-state index contributed by atoms with van der Waals surface area (Å²) >= 11 is 1.55. The van der Waals surface area contributed by atoms with E-state index in [9.17, 15) is 4.79 Å². The molecule has 1 aromatic heterocycles. The monoisotopic (exact) mass is 223 g/mol. The molecule has 0 aliphatic heterocycles. The van der Waals surface area contributed by atoms with Crippen LogP contribution in [0.3, 0.4) is 0 Å². The van der Waals surface area contributed by atoms with Crippen molar-refractivity contribution in [2.24, 2.45) is 5.92 Å². The molecular weight excluding hydrogens is 206 g/mol. The molecule has 0 radical (unpaired) electrons. The van der Waals surface area contributed by atoms with Crippen LogP contribution in [-0.4, -0.2) is 24.4 Å². The molecule has 3 heteroatoms. The van der Waals surface area contributed by atoms with Crippen molar-refractivity contribution in [3.63, 3.8) is 0 Å². The fourth-order valence-electron chi connectivity index (χ4n) is 1.91. The highest BCUT2D eigenvalue weighted by Gasteiger charge is 2.23. The standard InChI is InChI=1S/C12H17NOS/c1-9-6-7-15-11(9)12(14)13(2)8-10-4-3-5-10/h6-7,10H,3-5,8H2,1-2H3. The van der Waals surface area contributed by atoms with Gasteiger partial charge in [-0.25, -0.2) is 0 Å². The Hall–Kier alpha value is -0.830. The molecule has 1 heterocycles. The zero-order chi connectivity index (χ0) is 10.8. The van der Waals surface area contributed by atoms with Crippen molar-refractivity contribution < 1.29 is 4.79 Å².